The lowest BCUT2D eigenvalue weighted by atomic mass is 9.85. The molecule has 3 atom stereocenters. The summed E-state index contributed by atoms with van der Waals surface area (Å²) in [6.45, 7) is 4.20. The molecule has 3 amide bonds. The maximum absolute atomic E-state index is 12.8. The number of aromatic nitrogens is 2. The highest BCUT2D eigenvalue weighted by Crippen LogP contribution is 2.35. The summed E-state index contributed by atoms with van der Waals surface area (Å²) in [7, 11) is -1.33. The number of carbonyl (C=O) groups excluding carboxylic acids is 3. The smallest absolute Gasteiger partial charge is 0.233 e. The summed E-state index contributed by atoms with van der Waals surface area (Å²) in [6, 6.07) is -0.168. The van der Waals surface area contributed by atoms with Crippen molar-refractivity contribution in [3.8, 4) is 0 Å². The van der Waals surface area contributed by atoms with Crippen molar-refractivity contribution in [3.05, 3.63) is 29.1 Å². The van der Waals surface area contributed by atoms with Crippen LogP contribution in [0, 0.1) is 25.7 Å². The van der Waals surface area contributed by atoms with E-state index in [-0.39, 0.29) is 60.1 Å². The first-order chi connectivity index (χ1) is 15.1. The molecular formula is C22H30N4O5S. The zero-order valence-corrected chi connectivity index (χ0v) is 19.6. The molecule has 174 valence electrons. The largest absolute Gasteiger partial charge is 0.341 e. The number of imide groups is 1. The van der Waals surface area contributed by atoms with Crippen molar-refractivity contribution in [2.24, 2.45) is 11.8 Å². The van der Waals surface area contributed by atoms with Crippen LogP contribution >= 0.6 is 0 Å². The number of allylic oxidation sites excluding steroid dienone is 2. The average molecular weight is 463 g/mol. The van der Waals surface area contributed by atoms with Crippen LogP contribution in [0.3, 0.4) is 0 Å². The van der Waals surface area contributed by atoms with Gasteiger partial charge in [0.25, 0.3) is 0 Å². The minimum Gasteiger partial charge on any atom is -0.341 e. The molecule has 1 aliphatic carbocycles. The Morgan fingerprint density at radius 3 is 2.34 bits per heavy atom. The van der Waals surface area contributed by atoms with Crippen molar-refractivity contribution in [3.63, 3.8) is 0 Å². The molecule has 0 N–H and O–H groups in total. The van der Waals surface area contributed by atoms with Crippen LogP contribution in [0.2, 0.25) is 0 Å². The van der Waals surface area contributed by atoms with E-state index in [1.165, 1.54) is 4.90 Å². The summed E-state index contributed by atoms with van der Waals surface area (Å²) in [6.07, 6.45) is 5.69. The predicted molar refractivity (Wildman–Crippen MR) is 117 cm³/mol. The Bertz CT molecular complexity index is 1060. The zero-order chi connectivity index (χ0) is 23.2. The Morgan fingerprint density at radius 2 is 1.78 bits per heavy atom. The summed E-state index contributed by atoms with van der Waals surface area (Å²) in [4.78, 5) is 40.7. The monoisotopic (exact) mass is 462 g/mol. The van der Waals surface area contributed by atoms with Gasteiger partial charge in [-0.2, -0.15) is 5.10 Å². The van der Waals surface area contributed by atoms with E-state index in [1.54, 1.807) is 16.6 Å². The first-order valence-corrected chi connectivity index (χ1v) is 12.9. The molecule has 1 aromatic heterocycles. The van der Waals surface area contributed by atoms with Gasteiger partial charge < -0.3 is 4.90 Å². The second-order valence-electron chi connectivity index (χ2n) is 9.13. The van der Waals surface area contributed by atoms with Crippen molar-refractivity contribution < 1.29 is 22.8 Å². The number of hydrogen-bond acceptors (Lipinski definition) is 6. The molecule has 4 rings (SSSR count). The first-order valence-electron chi connectivity index (χ1n) is 11.1. The van der Waals surface area contributed by atoms with Crippen LogP contribution in [-0.4, -0.2) is 70.8 Å². The summed E-state index contributed by atoms with van der Waals surface area (Å²) >= 11 is 0. The number of nitrogens with zero attached hydrogens (tertiary/aromatic N) is 4. The van der Waals surface area contributed by atoms with E-state index in [4.69, 9.17) is 0 Å². The van der Waals surface area contributed by atoms with Gasteiger partial charge in [-0.1, -0.05) is 12.2 Å². The van der Waals surface area contributed by atoms with Gasteiger partial charge in [0.2, 0.25) is 17.7 Å². The number of amides is 3. The molecule has 0 bridgehead atoms. The molecule has 3 aliphatic rings. The second kappa shape index (κ2) is 8.46. The SMILES string of the molecule is Cc1nn(C2CCS(=O)(=O)C2)c(C)c1CN(C)C(=O)CCN1C(=O)C2CC=CCC2C1=O. The van der Waals surface area contributed by atoms with Crippen LogP contribution in [-0.2, 0) is 30.8 Å². The van der Waals surface area contributed by atoms with Crippen LogP contribution in [0.15, 0.2) is 12.2 Å². The van der Waals surface area contributed by atoms with Gasteiger partial charge in [0.1, 0.15) is 0 Å². The van der Waals surface area contributed by atoms with E-state index in [0.717, 1.165) is 17.0 Å². The van der Waals surface area contributed by atoms with Gasteiger partial charge in [-0.3, -0.25) is 24.0 Å². The maximum Gasteiger partial charge on any atom is 0.233 e. The third kappa shape index (κ3) is 4.12. The van der Waals surface area contributed by atoms with E-state index >= 15 is 0 Å². The molecule has 9 nitrogen and oxygen atoms in total. The van der Waals surface area contributed by atoms with Crippen LogP contribution in [0.25, 0.3) is 0 Å². The minimum atomic E-state index is -3.02. The number of carbonyl (C=O) groups is 3. The summed E-state index contributed by atoms with van der Waals surface area (Å²) in [5, 5.41) is 4.55. The number of rotatable bonds is 6. The van der Waals surface area contributed by atoms with E-state index in [1.807, 2.05) is 26.0 Å². The summed E-state index contributed by atoms with van der Waals surface area (Å²) in [5.41, 5.74) is 2.54. The number of aryl methyl sites for hydroxylation is 1. The average Bonchev–Trinajstić information content (AvgIpc) is 3.34. The first kappa shape index (κ1) is 22.7. The Hall–Kier alpha value is -2.49. The van der Waals surface area contributed by atoms with E-state index in [0.29, 0.717) is 25.8 Å². The fourth-order valence-electron chi connectivity index (χ4n) is 5.06. The van der Waals surface area contributed by atoms with E-state index < -0.39 is 9.84 Å². The minimum absolute atomic E-state index is 0.0773. The predicted octanol–water partition coefficient (Wildman–Crippen LogP) is 1.16. The van der Waals surface area contributed by atoms with Gasteiger partial charge in [0.05, 0.1) is 35.1 Å². The van der Waals surface area contributed by atoms with Crippen LogP contribution in [0.4, 0.5) is 0 Å². The van der Waals surface area contributed by atoms with Crippen molar-refractivity contribution in [2.45, 2.75) is 52.1 Å². The third-order valence-electron chi connectivity index (χ3n) is 7.00. The number of sulfone groups is 1. The molecule has 3 unspecified atom stereocenters. The molecule has 2 saturated heterocycles. The molecule has 2 aliphatic heterocycles. The van der Waals surface area contributed by atoms with Crippen molar-refractivity contribution in [2.75, 3.05) is 25.1 Å². The summed E-state index contributed by atoms with van der Waals surface area (Å²) < 4.78 is 25.5. The normalized spacial score (nSPS) is 26.6. The zero-order valence-electron chi connectivity index (χ0n) is 18.8. The van der Waals surface area contributed by atoms with Gasteiger partial charge in [-0.05, 0) is 33.1 Å². The highest BCUT2D eigenvalue weighted by Gasteiger charge is 2.47. The van der Waals surface area contributed by atoms with Gasteiger partial charge in [-0.15, -0.1) is 0 Å². The number of hydrogen-bond donors (Lipinski definition) is 0. The standard InChI is InChI=1S/C22H30N4O5S/c1-14-19(15(2)26(23-14)16-9-11-32(30,31)13-16)12-24(3)20(27)8-10-25-21(28)17-6-4-5-7-18(17)22(25)29/h4-5,16-18H,6-13H2,1-3H3. The Labute approximate surface area is 188 Å². The topological polar surface area (TPSA) is 110 Å². The van der Waals surface area contributed by atoms with Crippen LogP contribution in [0.5, 0.6) is 0 Å². The quantitative estimate of drug-likeness (QED) is 0.464. The number of likely N-dealkylation sites (tertiary alicyclic amines) is 1. The third-order valence-corrected chi connectivity index (χ3v) is 8.75. The van der Waals surface area contributed by atoms with Crippen molar-refractivity contribution >= 4 is 27.6 Å². The Kier molecular flexibility index (Phi) is 6.00. The molecule has 1 aromatic rings. The molecule has 2 fully saturated rings. The van der Waals surface area contributed by atoms with Crippen LogP contribution in [0.1, 0.15) is 48.7 Å². The van der Waals surface area contributed by atoms with Gasteiger partial charge in [0, 0.05) is 37.8 Å². The molecule has 0 saturated carbocycles. The molecule has 10 heteroatoms. The highest BCUT2D eigenvalue weighted by atomic mass is 32.2. The lowest BCUT2D eigenvalue weighted by Gasteiger charge is -2.20. The number of fused-ring (bicyclic) bond motifs is 1. The van der Waals surface area contributed by atoms with E-state index in [9.17, 15) is 22.8 Å². The van der Waals surface area contributed by atoms with Crippen molar-refractivity contribution in [1.29, 1.82) is 0 Å². The van der Waals surface area contributed by atoms with Gasteiger partial charge >= 0.3 is 0 Å². The molecule has 0 spiro atoms. The Morgan fingerprint density at radius 1 is 1.16 bits per heavy atom. The lowest BCUT2D eigenvalue weighted by molar-refractivity contribution is -0.140. The fraction of sp³-hybridized carbons (Fsp3) is 0.636. The molecule has 32 heavy (non-hydrogen) atoms. The second-order valence-corrected chi connectivity index (χ2v) is 11.4. The highest BCUT2D eigenvalue weighted by molar-refractivity contribution is 7.91. The van der Waals surface area contributed by atoms with Gasteiger partial charge in [0.15, 0.2) is 9.84 Å². The molecule has 3 heterocycles. The lowest BCUT2D eigenvalue weighted by Crippen LogP contribution is -2.36. The van der Waals surface area contributed by atoms with Gasteiger partial charge in [-0.25, -0.2) is 8.42 Å². The molecular weight excluding hydrogens is 432 g/mol. The Balaban J connectivity index is 1.37. The molecule has 0 aromatic carbocycles. The van der Waals surface area contributed by atoms with Crippen LogP contribution < -0.4 is 0 Å². The summed E-state index contributed by atoms with van der Waals surface area (Å²) in [5.74, 6) is -0.785. The van der Waals surface area contributed by atoms with E-state index in [2.05, 4.69) is 5.10 Å². The van der Waals surface area contributed by atoms with Crippen molar-refractivity contribution in [1.82, 2.24) is 19.6 Å². The fourth-order valence-corrected chi connectivity index (χ4v) is 6.75. The maximum atomic E-state index is 12.8. The molecule has 0 radical (unpaired) electrons.